The van der Waals surface area contributed by atoms with Crippen LogP contribution in [-0.4, -0.2) is 25.1 Å². The van der Waals surface area contributed by atoms with Crippen LogP contribution in [0.4, 0.5) is 0 Å². The second-order valence-electron chi connectivity index (χ2n) is 6.11. The predicted octanol–water partition coefficient (Wildman–Crippen LogP) is 3.76. The van der Waals surface area contributed by atoms with Crippen LogP contribution in [0.2, 0.25) is 5.02 Å². The Labute approximate surface area is 158 Å². The predicted molar refractivity (Wildman–Crippen MR) is 100 cm³/mol. The van der Waals surface area contributed by atoms with E-state index in [2.05, 4.69) is 5.32 Å². The molecule has 0 bridgehead atoms. The fraction of sp³-hybridized carbons (Fsp3) is 0.300. The van der Waals surface area contributed by atoms with Gasteiger partial charge in [0.2, 0.25) is 0 Å². The molecular weight excluding hydrogens is 354 g/mol. The van der Waals surface area contributed by atoms with E-state index < -0.39 is 5.97 Å². The molecule has 2 rings (SSSR count). The summed E-state index contributed by atoms with van der Waals surface area (Å²) in [6.45, 7) is 5.14. The first-order valence-corrected chi connectivity index (χ1v) is 8.63. The lowest BCUT2D eigenvalue weighted by Gasteiger charge is -2.14. The first-order valence-electron chi connectivity index (χ1n) is 8.25. The number of ether oxygens (including phenoxy) is 2. The minimum Gasteiger partial charge on any atom is -0.482 e. The Morgan fingerprint density at radius 2 is 1.65 bits per heavy atom. The second-order valence-corrected chi connectivity index (χ2v) is 6.55. The van der Waals surface area contributed by atoms with Crippen molar-refractivity contribution in [3.05, 3.63) is 64.2 Å². The van der Waals surface area contributed by atoms with Gasteiger partial charge in [-0.05, 0) is 61.7 Å². The molecular formula is C20H22ClNO4. The fourth-order valence-electron chi connectivity index (χ4n) is 2.46. The number of amides is 1. The van der Waals surface area contributed by atoms with E-state index in [0.29, 0.717) is 10.8 Å². The standard InChI is InChI=1S/C20H22ClNO4/c1-13-8-14(2)10-18(9-13)25-12-20(24)26-11-19(23)22-15(3)16-4-6-17(21)7-5-16/h4-10,15H,11-12H2,1-3H3,(H,22,23)/t15-/m0/s1. The van der Waals surface area contributed by atoms with Crippen LogP contribution in [0.25, 0.3) is 0 Å². The zero-order valence-corrected chi connectivity index (χ0v) is 15.8. The quantitative estimate of drug-likeness (QED) is 0.748. The molecule has 0 unspecified atom stereocenters. The number of benzene rings is 2. The van der Waals surface area contributed by atoms with E-state index in [0.717, 1.165) is 16.7 Å². The van der Waals surface area contributed by atoms with Gasteiger partial charge in [-0.1, -0.05) is 29.8 Å². The summed E-state index contributed by atoms with van der Waals surface area (Å²) < 4.78 is 10.3. The van der Waals surface area contributed by atoms with Crippen molar-refractivity contribution in [1.29, 1.82) is 0 Å². The SMILES string of the molecule is Cc1cc(C)cc(OCC(=O)OCC(=O)N[C@@H](C)c2ccc(Cl)cc2)c1. The lowest BCUT2D eigenvalue weighted by molar-refractivity contribution is -0.150. The second kappa shape index (κ2) is 9.25. The zero-order valence-electron chi connectivity index (χ0n) is 15.0. The van der Waals surface area contributed by atoms with Crippen LogP contribution in [0.15, 0.2) is 42.5 Å². The Kier molecular flexibility index (Phi) is 7.04. The van der Waals surface area contributed by atoms with E-state index in [1.54, 1.807) is 12.1 Å². The number of esters is 1. The third kappa shape index (κ3) is 6.41. The first-order chi connectivity index (χ1) is 12.3. The molecule has 1 atom stereocenters. The Morgan fingerprint density at radius 1 is 1.04 bits per heavy atom. The Morgan fingerprint density at radius 3 is 2.27 bits per heavy atom. The summed E-state index contributed by atoms with van der Waals surface area (Å²) in [5.41, 5.74) is 3.00. The molecule has 26 heavy (non-hydrogen) atoms. The lowest BCUT2D eigenvalue weighted by atomic mass is 10.1. The van der Waals surface area contributed by atoms with E-state index in [1.807, 2.05) is 51.1 Å². The molecule has 0 aliphatic rings. The summed E-state index contributed by atoms with van der Waals surface area (Å²) in [6, 6.07) is 12.6. The molecule has 0 heterocycles. The summed E-state index contributed by atoms with van der Waals surface area (Å²) in [4.78, 5) is 23.6. The van der Waals surface area contributed by atoms with Gasteiger partial charge in [-0.2, -0.15) is 0 Å². The molecule has 0 saturated heterocycles. The highest BCUT2D eigenvalue weighted by atomic mass is 35.5. The number of carbonyl (C=O) groups is 2. The number of aryl methyl sites for hydroxylation is 2. The maximum absolute atomic E-state index is 11.9. The van der Waals surface area contributed by atoms with Crippen LogP contribution in [0.1, 0.15) is 29.7 Å². The maximum atomic E-state index is 11.9. The smallest absolute Gasteiger partial charge is 0.344 e. The fourth-order valence-corrected chi connectivity index (χ4v) is 2.59. The van der Waals surface area contributed by atoms with Crippen LogP contribution >= 0.6 is 11.6 Å². The number of nitrogens with one attached hydrogen (secondary N) is 1. The minimum absolute atomic E-state index is 0.218. The maximum Gasteiger partial charge on any atom is 0.344 e. The molecule has 6 heteroatoms. The van der Waals surface area contributed by atoms with Crippen LogP contribution in [0.5, 0.6) is 5.75 Å². The highest BCUT2D eigenvalue weighted by molar-refractivity contribution is 6.30. The molecule has 1 N–H and O–H groups in total. The van der Waals surface area contributed by atoms with Gasteiger partial charge in [-0.25, -0.2) is 4.79 Å². The van der Waals surface area contributed by atoms with Crippen LogP contribution in [0.3, 0.4) is 0 Å². The van der Waals surface area contributed by atoms with Gasteiger partial charge in [0.25, 0.3) is 5.91 Å². The molecule has 2 aromatic rings. The highest BCUT2D eigenvalue weighted by Crippen LogP contribution is 2.17. The third-order valence-electron chi connectivity index (χ3n) is 3.66. The molecule has 0 aliphatic carbocycles. The normalized spacial score (nSPS) is 11.5. The van der Waals surface area contributed by atoms with E-state index in [1.165, 1.54) is 0 Å². The van der Waals surface area contributed by atoms with Gasteiger partial charge in [-0.3, -0.25) is 4.79 Å². The van der Waals surface area contributed by atoms with Gasteiger partial charge in [0.05, 0.1) is 6.04 Å². The number of hydrogen-bond acceptors (Lipinski definition) is 4. The first kappa shape index (κ1) is 19.8. The molecule has 2 aromatic carbocycles. The molecule has 0 fully saturated rings. The van der Waals surface area contributed by atoms with Gasteiger partial charge in [0.1, 0.15) is 5.75 Å². The largest absolute Gasteiger partial charge is 0.482 e. The summed E-state index contributed by atoms with van der Waals surface area (Å²) in [6.07, 6.45) is 0. The van der Waals surface area contributed by atoms with Crippen molar-refractivity contribution in [2.45, 2.75) is 26.8 Å². The van der Waals surface area contributed by atoms with Crippen molar-refractivity contribution >= 4 is 23.5 Å². The monoisotopic (exact) mass is 375 g/mol. The summed E-state index contributed by atoms with van der Waals surface area (Å²) in [7, 11) is 0. The van der Waals surface area contributed by atoms with Gasteiger partial charge < -0.3 is 14.8 Å². The summed E-state index contributed by atoms with van der Waals surface area (Å²) in [5, 5.41) is 3.39. The van der Waals surface area contributed by atoms with Crippen molar-refractivity contribution in [3.63, 3.8) is 0 Å². The van der Waals surface area contributed by atoms with Crippen LogP contribution in [0, 0.1) is 13.8 Å². The Balaban J connectivity index is 1.74. The summed E-state index contributed by atoms with van der Waals surface area (Å²) in [5.74, 6) is -0.383. The van der Waals surface area contributed by atoms with E-state index in [4.69, 9.17) is 21.1 Å². The highest BCUT2D eigenvalue weighted by Gasteiger charge is 2.12. The zero-order chi connectivity index (χ0) is 19.1. The Hall–Kier alpha value is -2.53. The Bertz CT molecular complexity index is 754. The van der Waals surface area contributed by atoms with Crippen LogP contribution < -0.4 is 10.1 Å². The van der Waals surface area contributed by atoms with Crippen molar-refractivity contribution in [2.24, 2.45) is 0 Å². The van der Waals surface area contributed by atoms with Crippen molar-refractivity contribution < 1.29 is 19.1 Å². The van der Waals surface area contributed by atoms with Gasteiger partial charge >= 0.3 is 5.97 Å². The third-order valence-corrected chi connectivity index (χ3v) is 3.92. The number of carbonyl (C=O) groups excluding carboxylic acids is 2. The van der Waals surface area contributed by atoms with E-state index >= 15 is 0 Å². The van der Waals surface area contributed by atoms with Gasteiger partial charge in [-0.15, -0.1) is 0 Å². The van der Waals surface area contributed by atoms with Crippen molar-refractivity contribution in [2.75, 3.05) is 13.2 Å². The molecule has 0 aliphatic heterocycles. The molecule has 0 radical (unpaired) electrons. The molecule has 0 saturated carbocycles. The summed E-state index contributed by atoms with van der Waals surface area (Å²) >= 11 is 5.84. The molecule has 5 nitrogen and oxygen atoms in total. The topological polar surface area (TPSA) is 64.6 Å². The minimum atomic E-state index is -0.599. The molecule has 0 spiro atoms. The van der Waals surface area contributed by atoms with E-state index in [-0.39, 0.29) is 25.2 Å². The van der Waals surface area contributed by atoms with Gasteiger partial charge in [0, 0.05) is 5.02 Å². The number of hydrogen-bond donors (Lipinski definition) is 1. The number of rotatable bonds is 7. The van der Waals surface area contributed by atoms with Crippen molar-refractivity contribution in [3.8, 4) is 5.75 Å². The van der Waals surface area contributed by atoms with Crippen molar-refractivity contribution in [1.82, 2.24) is 5.32 Å². The van der Waals surface area contributed by atoms with E-state index in [9.17, 15) is 9.59 Å². The number of halogens is 1. The molecule has 1 amide bonds. The van der Waals surface area contributed by atoms with Gasteiger partial charge in [0.15, 0.2) is 13.2 Å². The lowest BCUT2D eigenvalue weighted by Crippen LogP contribution is -2.31. The molecule has 0 aromatic heterocycles. The molecule has 138 valence electrons. The average Bonchev–Trinajstić information content (AvgIpc) is 2.58. The average molecular weight is 376 g/mol. The van der Waals surface area contributed by atoms with Crippen LogP contribution in [-0.2, 0) is 14.3 Å².